The number of rotatable bonds is 3. The third kappa shape index (κ3) is 2.01. The average Bonchev–Trinajstić information content (AvgIpc) is 2.87. The van der Waals surface area contributed by atoms with E-state index in [9.17, 15) is 0 Å². The molecule has 0 aliphatic carbocycles. The summed E-state index contributed by atoms with van der Waals surface area (Å²) in [5.74, 6) is 0. The second-order valence-electron chi connectivity index (χ2n) is 3.60. The minimum absolute atomic E-state index is 0.444. The first kappa shape index (κ1) is 8.57. The predicted molar refractivity (Wildman–Crippen MR) is 54.1 cm³/mol. The zero-order valence-corrected chi connectivity index (χ0v) is 8.13. The smallest absolute Gasteiger partial charge is 0.0981 e. The number of hydrogen-bond donors (Lipinski definition) is 1. The Kier molecular flexibility index (Phi) is 2.23. The average molecular weight is 177 g/mol. The largest absolute Gasteiger partial charge is 0.382 e. The quantitative estimate of drug-likeness (QED) is 0.715. The molecule has 2 heteroatoms. The molecule has 1 atom stereocenters. The van der Waals surface area contributed by atoms with Crippen LogP contribution < -0.4 is 5.32 Å². The Balaban J connectivity index is 2.07. The molecule has 0 spiro atoms. The van der Waals surface area contributed by atoms with Crippen molar-refractivity contribution in [3.05, 3.63) is 29.3 Å². The number of nitrogens with one attached hydrogen (secondary N) is 1. The molecule has 0 radical (unpaired) electrons. The summed E-state index contributed by atoms with van der Waals surface area (Å²) in [6.07, 6.45) is 0.444. The fourth-order valence-electron chi connectivity index (χ4n) is 1.50. The molecule has 0 amide bonds. The minimum atomic E-state index is 0.444. The van der Waals surface area contributed by atoms with E-state index in [1.165, 1.54) is 16.8 Å². The molecule has 1 aromatic carbocycles. The van der Waals surface area contributed by atoms with E-state index in [2.05, 4.69) is 37.4 Å². The van der Waals surface area contributed by atoms with Crippen LogP contribution in [0, 0.1) is 13.8 Å². The Hall–Kier alpha value is -1.02. The molecule has 0 bridgehead atoms. The van der Waals surface area contributed by atoms with Gasteiger partial charge in [0, 0.05) is 12.2 Å². The summed E-state index contributed by atoms with van der Waals surface area (Å²) in [7, 11) is 0. The number of para-hydroxylation sites is 1. The lowest BCUT2D eigenvalue weighted by Gasteiger charge is -2.10. The van der Waals surface area contributed by atoms with Crippen molar-refractivity contribution < 1.29 is 4.74 Å². The fourth-order valence-corrected chi connectivity index (χ4v) is 1.50. The molecule has 1 aliphatic rings. The van der Waals surface area contributed by atoms with Gasteiger partial charge in [0.05, 0.1) is 12.7 Å². The molecule has 70 valence electrons. The second-order valence-corrected chi connectivity index (χ2v) is 3.60. The first-order valence-electron chi connectivity index (χ1n) is 4.69. The topological polar surface area (TPSA) is 24.6 Å². The van der Waals surface area contributed by atoms with Gasteiger partial charge in [0.15, 0.2) is 0 Å². The van der Waals surface area contributed by atoms with Gasteiger partial charge in [-0.3, -0.25) is 0 Å². The van der Waals surface area contributed by atoms with Crippen molar-refractivity contribution in [1.82, 2.24) is 0 Å². The van der Waals surface area contributed by atoms with Crippen LogP contribution in [0.4, 0.5) is 5.69 Å². The molecule has 2 nitrogen and oxygen atoms in total. The van der Waals surface area contributed by atoms with Gasteiger partial charge in [-0.25, -0.2) is 0 Å². The summed E-state index contributed by atoms with van der Waals surface area (Å²) in [5.41, 5.74) is 3.87. The molecule has 0 unspecified atom stereocenters. The number of benzene rings is 1. The van der Waals surface area contributed by atoms with Gasteiger partial charge in [-0.05, 0) is 25.0 Å². The third-order valence-corrected chi connectivity index (χ3v) is 2.39. The van der Waals surface area contributed by atoms with E-state index in [0.717, 1.165) is 13.2 Å². The van der Waals surface area contributed by atoms with Crippen LogP contribution in [0.2, 0.25) is 0 Å². The summed E-state index contributed by atoms with van der Waals surface area (Å²) < 4.78 is 5.15. The van der Waals surface area contributed by atoms with Gasteiger partial charge in [0.2, 0.25) is 0 Å². The van der Waals surface area contributed by atoms with E-state index in [1.807, 2.05) is 0 Å². The maximum absolute atomic E-state index is 5.15. The van der Waals surface area contributed by atoms with Gasteiger partial charge in [0.1, 0.15) is 0 Å². The highest BCUT2D eigenvalue weighted by atomic mass is 16.6. The van der Waals surface area contributed by atoms with Gasteiger partial charge < -0.3 is 10.1 Å². The van der Waals surface area contributed by atoms with E-state index in [1.54, 1.807) is 0 Å². The Labute approximate surface area is 78.9 Å². The van der Waals surface area contributed by atoms with Crippen molar-refractivity contribution in [1.29, 1.82) is 0 Å². The summed E-state index contributed by atoms with van der Waals surface area (Å²) in [6.45, 7) is 6.11. The number of ether oxygens (including phenoxy) is 1. The molecule has 1 aromatic rings. The molecular formula is C11H15NO. The second kappa shape index (κ2) is 3.38. The molecule has 0 saturated carbocycles. The Morgan fingerprint density at radius 1 is 1.38 bits per heavy atom. The predicted octanol–water partition coefficient (Wildman–Crippen LogP) is 2.11. The van der Waals surface area contributed by atoms with Crippen LogP contribution in [-0.4, -0.2) is 19.3 Å². The first-order valence-corrected chi connectivity index (χ1v) is 4.69. The Morgan fingerprint density at radius 3 is 2.54 bits per heavy atom. The third-order valence-electron chi connectivity index (χ3n) is 2.39. The fraction of sp³-hybridized carbons (Fsp3) is 0.455. The number of anilines is 1. The lowest BCUT2D eigenvalue weighted by Crippen LogP contribution is -2.09. The molecule has 13 heavy (non-hydrogen) atoms. The van der Waals surface area contributed by atoms with Crippen molar-refractivity contribution in [2.24, 2.45) is 0 Å². The van der Waals surface area contributed by atoms with Crippen LogP contribution in [0.3, 0.4) is 0 Å². The highest BCUT2D eigenvalue weighted by Crippen LogP contribution is 2.20. The maximum atomic E-state index is 5.15. The van der Waals surface area contributed by atoms with E-state index in [-0.39, 0.29) is 0 Å². The van der Waals surface area contributed by atoms with Gasteiger partial charge >= 0.3 is 0 Å². The van der Waals surface area contributed by atoms with Crippen LogP contribution in [0.5, 0.6) is 0 Å². The maximum Gasteiger partial charge on any atom is 0.0981 e. The lowest BCUT2D eigenvalue weighted by atomic mass is 10.1. The van der Waals surface area contributed by atoms with Crippen LogP contribution in [0.1, 0.15) is 11.1 Å². The van der Waals surface area contributed by atoms with Gasteiger partial charge in [-0.1, -0.05) is 18.2 Å². The van der Waals surface area contributed by atoms with Gasteiger partial charge in [-0.15, -0.1) is 0 Å². The van der Waals surface area contributed by atoms with Crippen LogP contribution >= 0.6 is 0 Å². The van der Waals surface area contributed by atoms with Gasteiger partial charge in [0.25, 0.3) is 0 Å². The molecule has 1 heterocycles. The van der Waals surface area contributed by atoms with E-state index >= 15 is 0 Å². The summed E-state index contributed by atoms with van der Waals surface area (Å²) in [4.78, 5) is 0. The Morgan fingerprint density at radius 2 is 2.00 bits per heavy atom. The summed E-state index contributed by atoms with van der Waals surface area (Å²) in [5, 5.41) is 3.42. The summed E-state index contributed by atoms with van der Waals surface area (Å²) in [6, 6.07) is 6.34. The highest BCUT2D eigenvalue weighted by molar-refractivity contribution is 5.56. The van der Waals surface area contributed by atoms with Crippen LogP contribution in [0.25, 0.3) is 0 Å². The number of hydrogen-bond acceptors (Lipinski definition) is 2. The lowest BCUT2D eigenvalue weighted by molar-refractivity contribution is 0.416. The number of epoxide rings is 1. The van der Waals surface area contributed by atoms with E-state index in [4.69, 9.17) is 4.74 Å². The SMILES string of the molecule is Cc1cccc(C)c1NC[C@@H]1CO1. The first-order chi connectivity index (χ1) is 6.27. The van der Waals surface area contributed by atoms with Crippen LogP contribution in [0.15, 0.2) is 18.2 Å². The van der Waals surface area contributed by atoms with Crippen LogP contribution in [-0.2, 0) is 4.74 Å². The molecule has 1 N–H and O–H groups in total. The van der Waals surface area contributed by atoms with E-state index in [0.29, 0.717) is 6.10 Å². The number of aryl methyl sites for hydroxylation is 2. The molecule has 1 saturated heterocycles. The molecular weight excluding hydrogens is 162 g/mol. The summed E-state index contributed by atoms with van der Waals surface area (Å²) >= 11 is 0. The zero-order valence-electron chi connectivity index (χ0n) is 8.13. The molecule has 0 aromatic heterocycles. The van der Waals surface area contributed by atoms with E-state index < -0.39 is 0 Å². The molecule has 1 aliphatic heterocycles. The monoisotopic (exact) mass is 177 g/mol. The Bertz CT molecular complexity index is 285. The standard InChI is InChI=1S/C11H15NO/c1-8-4-3-5-9(2)11(8)12-6-10-7-13-10/h3-5,10,12H,6-7H2,1-2H3/t10-/m1/s1. The van der Waals surface area contributed by atoms with Crippen molar-refractivity contribution in [2.75, 3.05) is 18.5 Å². The minimum Gasteiger partial charge on any atom is -0.382 e. The highest BCUT2D eigenvalue weighted by Gasteiger charge is 2.21. The van der Waals surface area contributed by atoms with Crippen molar-refractivity contribution in [3.63, 3.8) is 0 Å². The van der Waals surface area contributed by atoms with Crippen molar-refractivity contribution >= 4 is 5.69 Å². The van der Waals surface area contributed by atoms with Gasteiger partial charge in [-0.2, -0.15) is 0 Å². The zero-order chi connectivity index (χ0) is 9.26. The van der Waals surface area contributed by atoms with Crippen molar-refractivity contribution in [3.8, 4) is 0 Å². The van der Waals surface area contributed by atoms with Crippen molar-refractivity contribution in [2.45, 2.75) is 20.0 Å². The normalized spacial score (nSPS) is 20.0. The molecule has 1 fully saturated rings. The molecule has 2 rings (SSSR count).